The summed E-state index contributed by atoms with van der Waals surface area (Å²) >= 11 is 0. The molecule has 0 radical (unpaired) electrons. The maximum Gasteiger partial charge on any atom is 0.145 e. The van der Waals surface area contributed by atoms with Crippen LogP contribution >= 0.6 is 0 Å². The highest BCUT2D eigenvalue weighted by atomic mass is 28.2. The number of unbranched alkanes of at least 4 members (excludes halogenated alkanes) is 15. The van der Waals surface area contributed by atoms with Crippen LogP contribution in [0.2, 0.25) is 0 Å². The normalized spacial score (nSPS) is 11.2. The van der Waals surface area contributed by atoms with Crippen molar-refractivity contribution in [3.05, 3.63) is 0 Å². The number of rotatable bonds is 17. The first kappa shape index (κ1) is 20.2. The summed E-state index contributed by atoms with van der Waals surface area (Å²) in [6, 6.07) is 0. The Morgan fingerprint density at radius 2 is 0.800 bits per heavy atom. The second-order valence-corrected chi connectivity index (χ2v) is 6.87. The molecule has 0 aliphatic heterocycles. The molecule has 0 rings (SSSR count). The summed E-state index contributed by atoms with van der Waals surface area (Å²) in [5, 5.41) is 0. The molecule has 0 heterocycles. The van der Waals surface area contributed by atoms with Gasteiger partial charge in [-0.3, -0.25) is 0 Å². The summed E-state index contributed by atoms with van der Waals surface area (Å²) in [6.07, 6.45) is 23.0. The summed E-state index contributed by atoms with van der Waals surface area (Å²) < 4.78 is 5.20. The fourth-order valence-electron chi connectivity index (χ4n) is 2.79. The fraction of sp³-hybridized carbons (Fsp3) is 1.00. The highest BCUT2D eigenvalue weighted by molar-refractivity contribution is 5.97. The zero-order valence-corrected chi connectivity index (χ0v) is 16.4. The molecule has 0 spiro atoms. The van der Waals surface area contributed by atoms with Gasteiger partial charge in [0, 0.05) is 6.61 Å². The quantitative estimate of drug-likeness (QED) is 0.253. The van der Waals surface area contributed by atoms with Gasteiger partial charge < -0.3 is 4.43 Å². The van der Waals surface area contributed by atoms with E-state index >= 15 is 0 Å². The largest absolute Gasteiger partial charge is 0.428 e. The molecule has 2 heteroatoms. The van der Waals surface area contributed by atoms with Gasteiger partial charge in [-0.25, -0.2) is 0 Å². The lowest BCUT2D eigenvalue weighted by Gasteiger charge is -2.03. The SMILES string of the molecule is CCCCCCCCCCCCCCCCCCO[SiH3]. The molecule has 0 amide bonds. The van der Waals surface area contributed by atoms with Gasteiger partial charge in [0.1, 0.15) is 10.5 Å². The van der Waals surface area contributed by atoms with Crippen LogP contribution in [0, 0.1) is 0 Å². The van der Waals surface area contributed by atoms with Crippen LogP contribution in [-0.4, -0.2) is 17.1 Å². The molecule has 0 aromatic carbocycles. The van der Waals surface area contributed by atoms with Crippen molar-refractivity contribution in [2.45, 2.75) is 110 Å². The average Bonchev–Trinajstić information content (AvgIpc) is 2.47. The fourth-order valence-corrected chi connectivity index (χ4v) is 3.08. The molecule has 0 fully saturated rings. The lowest BCUT2D eigenvalue weighted by Crippen LogP contribution is -1.89. The molecule has 0 unspecified atom stereocenters. The standard InChI is InChI=1S/C18H40OSi/c1-2-3-4-5-6-7-8-9-10-11-12-13-14-15-16-17-18-19-20/h2-18H2,1,20H3. The second kappa shape index (κ2) is 19.2. The molecule has 0 saturated carbocycles. The maximum atomic E-state index is 5.20. The zero-order chi connectivity index (χ0) is 14.7. The van der Waals surface area contributed by atoms with Crippen LogP contribution in [0.4, 0.5) is 0 Å². The Bertz CT molecular complexity index is 143. The van der Waals surface area contributed by atoms with Crippen molar-refractivity contribution in [3.8, 4) is 0 Å². The molecule has 20 heavy (non-hydrogen) atoms. The molecule has 0 aromatic heterocycles. The van der Waals surface area contributed by atoms with Crippen molar-refractivity contribution in [1.82, 2.24) is 0 Å². The maximum absolute atomic E-state index is 5.20. The van der Waals surface area contributed by atoms with Crippen molar-refractivity contribution in [2.75, 3.05) is 6.61 Å². The van der Waals surface area contributed by atoms with E-state index in [9.17, 15) is 0 Å². The van der Waals surface area contributed by atoms with Gasteiger partial charge in [-0.15, -0.1) is 0 Å². The van der Waals surface area contributed by atoms with Gasteiger partial charge in [-0.05, 0) is 6.42 Å². The third-order valence-corrected chi connectivity index (χ3v) is 4.61. The lowest BCUT2D eigenvalue weighted by atomic mass is 10.0. The predicted octanol–water partition coefficient (Wildman–Crippen LogP) is 5.54. The minimum atomic E-state index is 0.910. The van der Waals surface area contributed by atoms with E-state index < -0.39 is 0 Å². The number of hydrogen-bond acceptors (Lipinski definition) is 1. The van der Waals surface area contributed by atoms with Crippen LogP contribution in [0.5, 0.6) is 0 Å². The molecule has 1 nitrogen and oxygen atoms in total. The van der Waals surface area contributed by atoms with Crippen LogP contribution in [0.1, 0.15) is 110 Å². The monoisotopic (exact) mass is 300 g/mol. The minimum absolute atomic E-state index is 0.910. The van der Waals surface area contributed by atoms with Gasteiger partial charge in [0.05, 0.1) is 0 Å². The Morgan fingerprint density at radius 1 is 0.500 bits per heavy atom. The summed E-state index contributed by atoms with van der Waals surface area (Å²) in [5.41, 5.74) is 0. The van der Waals surface area contributed by atoms with Crippen molar-refractivity contribution in [1.29, 1.82) is 0 Å². The third-order valence-electron chi connectivity index (χ3n) is 4.20. The third kappa shape index (κ3) is 18.2. The Balaban J connectivity index is 2.89. The van der Waals surface area contributed by atoms with Crippen LogP contribution in [0.25, 0.3) is 0 Å². The summed E-state index contributed by atoms with van der Waals surface area (Å²) in [7, 11) is 0.910. The molecule has 0 bridgehead atoms. The summed E-state index contributed by atoms with van der Waals surface area (Å²) in [4.78, 5) is 0. The van der Waals surface area contributed by atoms with E-state index in [2.05, 4.69) is 6.92 Å². The van der Waals surface area contributed by atoms with Crippen molar-refractivity contribution in [2.24, 2.45) is 0 Å². The smallest absolute Gasteiger partial charge is 0.145 e. The van der Waals surface area contributed by atoms with E-state index in [1.54, 1.807) is 0 Å². The molecule has 122 valence electrons. The molecule has 0 aliphatic carbocycles. The van der Waals surface area contributed by atoms with E-state index in [1.165, 1.54) is 103 Å². The van der Waals surface area contributed by atoms with Crippen LogP contribution in [0.3, 0.4) is 0 Å². The first-order valence-electron chi connectivity index (χ1n) is 9.40. The highest BCUT2D eigenvalue weighted by Crippen LogP contribution is 2.13. The molecular formula is C18H40OSi. The minimum Gasteiger partial charge on any atom is -0.428 e. The van der Waals surface area contributed by atoms with E-state index in [0.29, 0.717) is 0 Å². The van der Waals surface area contributed by atoms with Gasteiger partial charge in [0.15, 0.2) is 0 Å². The van der Waals surface area contributed by atoms with Crippen molar-refractivity contribution < 1.29 is 4.43 Å². The van der Waals surface area contributed by atoms with E-state index in [1.807, 2.05) is 0 Å². The van der Waals surface area contributed by atoms with Crippen LogP contribution in [0.15, 0.2) is 0 Å². The van der Waals surface area contributed by atoms with Gasteiger partial charge in [0.2, 0.25) is 0 Å². The molecule has 0 aromatic rings. The van der Waals surface area contributed by atoms with E-state index in [4.69, 9.17) is 4.43 Å². The molecule has 0 aliphatic rings. The van der Waals surface area contributed by atoms with Gasteiger partial charge in [-0.2, -0.15) is 0 Å². The van der Waals surface area contributed by atoms with Gasteiger partial charge >= 0.3 is 0 Å². The Labute approximate surface area is 131 Å². The second-order valence-electron chi connectivity index (χ2n) is 6.30. The number of hydrogen-bond donors (Lipinski definition) is 0. The molecule has 0 saturated heterocycles. The van der Waals surface area contributed by atoms with Gasteiger partial charge in [-0.1, -0.05) is 103 Å². The Kier molecular flexibility index (Phi) is 19.3. The van der Waals surface area contributed by atoms with Crippen LogP contribution in [-0.2, 0) is 4.43 Å². The van der Waals surface area contributed by atoms with Gasteiger partial charge in [0.25, 0.3) is 0 Å². The Morgan fingerprint density at radius 3 is 1.10 bits per heavy atom. The van der Waals surface area contributed by atoms with Crippen molar-refractivity contribution in [3.63, 3.8) is 0 Å². The van der Waals surface area contributed by atoms with E-state index in [-0.39, 0.29) is 0 Å². The first-order valence-corrected chi connectivity index (χ1v) is 10.2. The highest BCUT2D eigenvalue weighted by Gasteiger charge is 1.94. The summed E-state index contributed by atoms with van der Waals surface area (Å²) in [5.74, 6) is 0. The molecule has 0 N–H and O–H groups in total. The molecular weight excluding hydrogens is 260 g/mol. The predicted molar refractivity (Wildman–Crippen MR) is 95.4 cm³/mol. The van der Waals surface area contributed by atoms with Crippen LogP contribution < -0.4 is 0 Å². The van der Waals surface area contributed by atoms with E-state index in [0.717, 1.165) is 17.1 Å². The average molecular weight is 301 g/mol. The summed E-state index contributed by atoms with van der Waals surface area (Å²) in [6.45, 7) is 3.30. The van der Waals surface area contributed by atoms with Crippen molar-refractivity contribution >= 4 is 10.5 Å². The first-order chi connectivity index (χ1) is 9.91. The molecule has 0 atom stereocenters. The zero-order valence-electron chi connectivity index (χ0n) is 14.4. The lowest BCUT2D eigenvalue weighted by molar-refractivity contribution is 0.332. The Hall–Kier alpha value is 0.177. The topological polar surface area (TPSA) is 9.23 Å².